The summed E-state index contributed by atoms with van der Waals surface area (Å²) in [5.74, 6) is 0.869. The third-order valence-corrected chi connectivity index (χ3v) is 5.79. The van der Waals surface area contributed by atoms with Gasteiger partial charge >= 0.3 is 0 Å². The molecule has 1 unspecified atom stereocenters. The molecule has 0 aliphatic carbocycles. The number of carbonyl (C=O) groups is 1. The fourth-order valence-corrected chi connectivity index (χ4v) is 4.07. The lowest BCUT2D eigenvalue weighted by atomic mass is 10.1. The molecule has 2 aromatic heterocycles. The standard InChI is InChI=1S/C21H22N10O/c1-13(26-20-19-21(25-12-24-20)28-18(8-22)27-19)17-7-15-9-23-10-16(15)11-31(17)30-5-3-29(4-6-30)14(2)32/h7,9-13H,3-6H2,1-2H3,(H2,24,25,26,27,28). The normalized spacial score (nSPS) is 15.2. The first-order chi connectivity index (χ1) is 15.5. The van der Waals surface area contributed by atoms with E-state index in [2.05, 4.69) is 59.1 Å². The first kappa shape index (κ1) is 19.7. The van der Waals surface area contributed by atoms with Gasteiger partial charge in [-0.3, -0.25) is 14.5 Å². The number of rotatable bonds is 4. The Bertz CT molecular complexity index is 1290. The van der Waals surface area contributed by atoms with Gasteiger partial charge in [-0.15, -0.1) is 0 Å². The number of aromatic amines is 1. The average Bonchev–Trinajstić information content (AvgIpc) is 3.45. The Kier molecular flexibility index (Phi) is 4.82. The lowest BCUT2D eigenvalue weighted by Crippen LogP contribution is -2.53. The second-order valence-electron chi connectivity index (χ2n) is 7.80. The van der Waals surface area contributed by atoms with E-state index in [4.69, 9.17) is 5.26 Å². The molecule has 5 rings (SSSR count). The molecule has 0 saturated carbocycles. The van der Waals surface area contributed by atoms with E-state index in [1.54, 1.807) is 6.92 Å². The second kappa shape index (κ2) is 7.81. The zero-order valence-corrected chi connectivity index (χ0v) is 17.8. The summed E-state index contributed by atoms with van der Waals surface area (Å²) >= 11 is 0. The maximum atomic E-state index is 11.7. The molecule has 1 fully saturated rings. The summed E-state index contributed by atoms with van der Waals surface area (Å²) < 4.78 is 2.14. The van der Waals surface area contributed by atoms with Crippen LogP contribution in [0.25, 0.3) is 22.3 Å². The predicted molar refractivity (Wildman–Crippen MR) is 117 cm³/mol. The lowest BCUT2D eigenvalue weighted by molar-refractivity contribution is -0.129. The highest BCUT2D eigenvalue weighted by Gasteiger charge is 2.23. The van der Waals surface area contributed by atoms with Crippen LogP contribution in [0.15, 0.2) is 31.0 Å². The maximum absolute atomic E-state index is 11.7. The lowest BCUT2D eigenvalue weighted by Gasteiger charge is -2.39. The van der Waals surface area contributed by atoms with E-state index < -0.39 is 0 Å². The Labute approximate surface area is 184 Å². The van der Waals surface area contributed by atoms with Gasteiger partial charge in [-0.1, -0.05) is 0 Å². The number of H-pyrrole nitrogens is 1. The van der Waals surface area contributed by atoms with Crippen molar-refractivity contribution in [3.8, 4) is 17.2 Å². The fraction of sp³-hybridized carbons (Fsp3) is 0.333. The van der Waals surface area contributed by atoms with Crippen LogP contribution >= 0.6 is 0 Å². The molecule has 2 aromatic rings. The van der Waals surface area contributed by atoms with E-state index in [0.29, 0.717) is 30.1 Å². The molecule has 0 spiro atoms. The minimum absolute atomic E-state index is 0.102. The van der Waals surface area contributed by atoms with Crippen LogP contribution in [0.4, 0.5) is 5.82 Å². The van der Waals surface area contributed by atoms with Gasteiger partial charge in [-0.2, -0.15) is 10.2 Å². The van der Waals surface area contributed by atoms with E-state index in [-0.39, 0.29) is 17.8 Å². The molecule has 1 amide bonds. The summed E-state index contributed by atoms with van der Waals surface area (Å²) in [6, 6.07) is 3.98. The monoisotopic (exact) mass is 430 g/mol. The molecule has 1 saturated heterocycles. The van der Waals surface area contributed by atoms with E-state index in [9.17, 15) is 4.79 Å². The zero-order valence-electron chi connectivity index (χ0n) is 17.8. The smallest absolute Gasteiger partial charge is 0.219 e. The molecule has 0 aromatic carbocycles. The number of anilines is 1. The molecule has 32 heavy (non-hydrogen) atoms. The Hall–Kier alpha value is -4.20. The minimum Gasteiger partial charge on any atom is -0.360 e. The number of nitrogens with one attached hydrogen (secondary N) is 2. The minimum atomic E-state index is -0.132. The van der Waals surface area contributed by atoms with Crippen molar-refractivity contribution in [3.05, 3.63) is 42.5 Å². The first-order valence-corrected chi connectivity index (χ1v) is 10.4. The maximum Gasteiger partial charge on any atom is 0.219 e. The van der Waals surface area contributed by atoms with Crippen LogP contribution in [0, 0.1) is 11.3 Å². The van der Waals surface area contributed by atoms with Gasteiger partial charge in [0.05, 0.1) is 24.8 Å². The van der Waals surface area contributed by atoms with Crippen molar-refractivity contribution in [2.45, 2.75) is 19.9 Å². The second-order valence-corrected chi connectivity index (χ2v) is 7.80. The van der Waals surface area contributed by atoms with Crippen LogP contribution in [-0.2, 0) is 4.79 Å². The van der Waals surface area contributed by atoms with E-state index >= 15 is 0 Å². The number of imidazole rings is 1. The third kappa shape index (κ3) is 3.45. The molecule has 2 N–H and O–H groups in total. The number of fused-ring (bicyclic) bond motifs is 2. The summed E-state index contributed by atoms with van der Waals surface area (Å²) in [7, 11) is 0. The molecule has 11 nitrogen and oxygen atoms in total. The molecule has 11 heteroatoms. The van der Waals surface area contributed by atoms with Crippen LogP contribution in [0.5, 0.6) is 0 Å². The van der Waals surface area contributed by atoms with Crippen molar-refractivity contribution in [3.63, 3.8) is 0 Å². The summed E-state index contributed by atoms with van der Waals surface area (Å²) in [6.07, 6.45) is 7.21. The van der Waals surface area contributed by atoms with Crippen molar-refractivity contribution in [1.29, 1.82) is 5.26 Å². The van der Waals surface area contributed by atoms with Crippen LogP contribution in [0.1, 0.15) is 31.4 Å². The highest BCUT2D eigenvalue weighted by Crippen LogP contribution is 2.29. The fourth-order valence-electron chi connectivity index (χ4n) is 4.07. The Morgan fingerprint density at radius 3 is 2.75 bits per heavy atom. The number of aromatic nitrogens is 6. The summed E-state index contributed by atoms with van der Waals surface area (Å²) in [5.41, 5.74) is 4.15. The van der Waals surface area contributed by atoms with Crippen LogP contribution in [0.2, 0.25) is 0 Å². The van der Waals surface area contributed by atoms with Gasteiger partial charge in [-0.05, 0) is 13.0 Å². The number of carbonyl (C=O) groups excluding carboxylic acids is 1. The predicted octanol–water partition coefficient (Wildman–Crippen LogP) is 1.50. The number of nitrogens with zero attached hydrogens (tertiary/aromatic N) is 8. The molecule has 3 aliphatic rings. The molecule has 1 atom stereocenters. The Balaban J connectivity index is 1.49. The summed E-state index contributed by atoms with van der Waals surface area (Å²) in [6.45, 7) is 6.48. The SMILES string of the molecule is CC(=O)N1CCN(n2cc3cncc-3cc2C(C)Nc2ncnc3nc(C#N)[nH]c23)CC1. The molecule has 0 radical (unpaired) electrons. The van der Waals surface area contributed by atoms with Crippen LogP contribution < -0.4 is 10.3 Å². The molecule has 162 valence electrons. The van der Waals surface area contributed by atoms with Gasteiger partial charge in [0.15, 0.2) is 11.5 Å². The largest absolute Gasteiger partial charge is 0.360 e. The van der Waals surface area contributed by atoms with Crippen LogP contribution in [0.3, 0.4) is 0 Å². The number of hydrogen-bond donors (Lipinski definition) is 2. The summed E-state index contributed by atoms with van der Waals surface area (Å²) in [4.78, 5) is 33.5. The molecular weight excluding hydrogens is 408 g/mol. The van der Waals surface area contributed by atoms with Gasteiger partial charge in [0.2, 0.25) is 11.7 Å². The van der Waals surface area contributed by atoms with Crippen molar-refractivity contribution in [1.82, 2.24) is 34.5 Å². The van der Waals surface area contributed by atoms with Crippen molar-refractivity contribution in [2.24, 2.45) is 0 Å². The number of hydrogen-bond acceptors (Lipinski definition) is 8. The average molecular weight is 430 g/mol. The Morgan fingerprint density at radius 1 is 1.22 bits per heavy atom. The third-order valence-electron chi connectivity index (χ3n) is 5.79. The van der Waals surface area contributed by atoms with Gasteiger partial charge in [-0.25, -0.2) is 9.97 Å². The van der Waals surface area contributed by atoms with Crippen molar-refractivity contribution >= 4 is 22.9 Å². The molecular formula is C21H22N10O. The van der Waals surface area contributed by atoms with Crippen LogP contribution in [-0.4, -0.2) is 66.6 Å². The topological polar surface area (TPSA) is 132 Å². The zero-order chi connectivity index (χ0) is 22.2. The van der Waals surface area contributed by atoms with Crippen molar-refractivity contribution in [2.75, 3.05) is 36.5 Å². The van der Waals surface area contributed by atoms with Gasteiger partial charge in [0.25, 0.3) is 0 Å². The van der Waals surface area contributed by atoms with E-state index in [1.165, 1.54) is 6.33 Å². The highest BCUT2D eigenvalue weighted by atomic mass is 16.2. The summed E-state index contributed by atoms with van der Waals surface area (Å²) in [5, 5.41) is 14.8. The first-order valence-electron chi connectivity index (χ1n) is 10.4. The van der Waals surface area contributed by atoms with Gasteiger partial charge in [0.1, 0.15) is 17.9 Å². The number of pyridine rings is 1. The molecule has 3 aliphatic heterocycles. The number of amides is 1. The van der Waals surface area contributed by atoms with Crippen molar-refractivity contribution < 1.29 is 4.79 Å². The van der Waals surface area contributed by atoms with E-state index in [0.717, 1.165) is 29.9 Å². The molecule has 0 bridgehead atoms. The molecule has 5 heterocycles. The number of piperazine rings is 1. The Morgan fingerprint density at radius 2 is 2.00 bits per heavy atom. The number of nitriles is 1. The quantitative estimate of drug-likeness (QED) is 0.498. The van der Waals surface area contributed by atoms with Gasteiger partial charge in [0, 0.05) is 49.7 Å². The van der Waals surface area contributed by atoms with Gasteiger partial charge < -0.3 is 20.2 Å². The van der Waals surface area contributed by atoms with E-state index in [1.807, 2.05) is 23.4 Å². The highest BCUT2D eigenvalue weighted by molar-refractivity contribution is 5.83.